The molecule has 0 aliphatic carbocycles. The van der Waals surface area contributed by atoms with E-state index in [2.05, 4.69) is 24.3 Å². The fraction of sp³-hybridized carbons (Fsp3) is 0.105. The number of methoxy groups -OCH3 is 2. The largest absolute Gasteiger partial charge is 0.493 e. The third kappa shape index (κ3) is 3.05. The van der Waals surface area contributed by atoms with Crippen LogP contribution in [0.15, 0.2) is 48.5 Å². The first kappa shape index (κ1) is 15.1. The molecule has 3 rings (SSSR count). The second-order valence-electron chi connectivity index (χ2n) is 4.93. The molecule has 0 atom stereocenters. The van der Waals surface area contributed by atoms with Gasteiger partial charge in [-0.15, -0.1) is 11.3 Å². The van der Waals surface area contributed by atoms with Gasteiger partial charge in [-0.1, -0.05) is 18.2 Å². The van der Waals surface area contributed by atoms with Gasteiger partial charge in [0.2, 0.25) is 0 Å². The van der Waals surface area contributed by atoms with Crippen molar-refractivity contribution in [2.75, 3.05) is 14.2 Å². The summed E-state index contributed by atoms with van der Waals surface area (Å²) in [5.74, 6) is 1.26. The summed E-state index contributed by atoms with van der Waals surface area (Å²) >= 11 is 1.67. The number of ether oxygens (including phenoxy) is 2. The van der Waals surface area contributed by atoms with Crippen molar-refractivity contribution in [1.29, 1.82) is 5.26 Å². The van der Waals surface area contributed by atoms with Crippen LogP contribution in [0.3, 0.4) is 0 Å². The molecule has 0 aliphatic rings. The second-order valence-corrected chi connectivity index (χ2v) is 6.04. The molecular weight excluding hydrogens is 306 g/mol. The summed E-state index contributed by atoms with van der Waals surface area (Å²) in [6.07, 6.45) is 1.91. The lowest BCUT2D eigenvalue weighted by atomic mass is 10.1. The van der Waals surface area contributed by atoms with Gasteiger partial charge in [0.15, 0.2) is 11.5 Å². The Morgan fingerprint density at radius 3 is 2.52 bits per heavy atom. The summed E-state index contributed by atoms with van der Waals surface area (Å²) in [6, 6.07) is 18.1. The smallest absolute Gasteiger partial charge is 0.161 e. The summed E-state index contributed by atoms with van der Waals surface area (Å²) in [5, 5.41) is 10.7. The molecule has 0 amide bonds. The number of rotatable bonds is 4. The number of nitrogens with zero attached hydrogens (tertiary/aromatic N) is 1. The average Bonchev–Trinajstić information content (AvgIpc) is 3.01. The van der Waals surface area contributed by atoms with Gasteiger partial charge in [-0.05, 0) is 47.4 Å². The Bertz CT molecular complexity index is 886. The fourth-order valence-electron chi connectivity index (χ4n) is 2.40. The minimum atomic E-state index is 0.595. The molecule has 0 spiro atoms. The summed E-state index contributed by atoms with van der Waals surface area (Å²) in [6.45, 7) is 0. The van der Waals surface area contributed by atoms with Gasteiger partial charge in [0.05, 0.1) is 25.9 Å². The van der Waals surface area contributed by atoms with Crippen molar-refractivity contribution in [2.45, 2.75) is 0 Å². The molecule has 0 radical (unpaired) electrons. The van der Waals surface area contributed by atoms with Gasteiger partial charge in [0.1, 0.15) is 0 Å². The molecule has 0 aliphatic heterocycles. The van der Waals surface area contributed by atoms with E-state index in [1.165, 1.54) is 10.1 Å². The molecule has 1 aromatic heterocycles. The lowest BCUT2D eigenvalue weighted by Crippen LogP contribution is -1.92. The standard InChI is InChI=1S/C19H15NO2S/c1-21-17-8-7-13(11-18(17)22-2)15(12-20)10-16-9-14-5-3-4-6-19(14)23-16/h3-11H,1-2H3/b15-10+. The third-order valence-corrected chi connectivity index (χ3v) is 4.61. The number of thiophene rings is 1. The van der Waals surface area contributed by atoms with Gasteiger partial charge in [-0.25, -0.2) is 0 Å². The van der Waals surface area contributed by atoms with Crippen LogP contribution in [0.25, 0.3) is 21.7 Å². The number of fused-ring (bicyclic) bond motifs is 1. The van der Waals surface area contributed by atoms with Crippen LogP contribution in [0.2, 0.25) is 0 Å². The van der Waals surface area contributed by atoms with E-state index in [0.717, 1.165) is 10.4 Å². The molecule has 114 valence electrons. The second kappa shape index (κ2) is 6.55. The van der Waals surface area contributed by atoms with Crippen LogP contribution in [0.1, 0.15) is 10.4 Å². The van der Waals surface area contributed by atoms with Crippen molar-refractivity contribution in [2.24, 2.45) is 0 Å². The maximum Gasteiger partial charge on any atom is 0.161 e. The highest BCUT2D eigenvalue weighted by Crippen LogP contribution is 2.32. The van der Waals surface area contributed by atoms with Crippen LogP contribution in [-0.4, -0.2) is 14.2 Å². The Labute approximate surface area is 139 Å². The van der Waals surface area contributed by atoms with E-state index in [0.29, 0.717) is 17.1 Å². The number of allylic oxidation sites excluding steroid dienone is 1. The van der Waals surface area contributed by atoms with Crippen LogP contribution in [0, 0.1) is 11.3 Å². The average molecular weight is 321 g/mol. The molecule has 1 heterocycles. The van der Waals surface area contributed by atoms with Crippen LogP contribution in [0.4, 0.5) is 0 Å². The van der Waals surface area contributed by atoms with Gasteiger partial charge in [-0.2, -0.15) is 5.26 Å². The van der Waals surface area contributed by atoms with Crippen molar-refractivity contribution in [3.63, 3.8) is 0 Å². The van der Waals surface area contributed by atoms with Gasteiger partial charge < -0.3 is 9.47 Å². The molecule has 0 fully saturated rings. The van der Waals surface area contributed by atoms with Crippen LogP contribution < -0.4 is 9.47 Å². The summed E-state index contributed by atoms with van der Waals surface area (Å²) < 4.78 is 11.8. The first-order valence-electron chi connectivity index (χ1n) is 7.08. The molecule has 0 saturated heterocycles. The van der Waals surface area contributed by atoms with E-state index in [-0.39, 0.29) is 0 Å². The lowest BCUT2D eigenvalue weighted by molar-refractivity contribution is 0.355. The van der Waals surface area contributed by atoms with Crippen molar-refractivity contribution < 1.29 is 9.47 Å². The summed E-state index contributed by atoms with van der Waals surface area (Å²) in [5.41, 5.74) is 1.40. The highest BCUT2D eigenvalue weighted by molar-refractivity contribution is 7.19. The first-order chi connectivity index (χ1) is 11.2. The minimum Gasteiger partial charge on any atom is -0.493 e. The van der Waals surface area contributed by atoms with Gasteiger partial charge in [0.25, 0.3) is 0 Å². The monoisotopic (exact) mass is 321 g/mol. The zero-order chi connectivity index (χ0) is 16.2. The van der Waals surface area contributed by atoms with Crippen LogP contribution in [-0.2, 0) is 0 Å². The van der Waals surface area contributed by atoms with Gasteiger partial charge >= 0.3 is 0 Å². The van der Waals surface area contributed by atoms with Gasteiger partial charge in [-0.3, -0.25) is 0 Å². The number of benzene rings is 2. The molecule has 0 unspecified atom stereocenters. The predicted octanol–water partition coefficient (Wildman–Crippen LogP) is 4.98. The highest BCUT2D eigenvalue weighted by Gasteiger charge is 2.09. The highest BCUT2D eigenvalue weighted by atomic mass is 32.1. The molecule has 0 saturated carbocycles. The predicted molar refractivity (Wildman–Crippen MR) is 94.9 cm³/mol. The van der Waals surface area contributed by atoms with E-state index in [1.54, 1.807) is 25.6 Å². The SMILES string of the molecule is COc1ccc(/C(C#N)=C/c2cc3ccccc3s2)cc1OC. The van der Waals surface area contributed by atoms with Crippen molar-refractivity contribution in [1.82, 2.24) is 0 Å². The zero-order valence-corrected chi connectivity index (χ0v) is 13.7. The van der Waals surface area contributed by atoms with E-state index in [1.807, 2.05) is 36.4 Å². The summed E-state index contributed by atoms with van der Waals surface area (Å²) in [4.78, 5) is 1.05. The maximum atomic E-state index is 9.52. The maximum absolute atomic E-state index is 9.52. The Hall–Kier alpha value is -2.77. The normalized spacial score (nSPS) is 11.3. The molecule has 3 nitrogen and oxygen atoms in total. The molecule has 2 aromatic carbocycles. The first-order valence-corrected chi connectivity index (χ1v) is 7.89. The number of nitriles is 1. The van der Waals surface area contributed by atoms with Crippen molar-refractivity contribution in [3.05, 3.63) is 59.0 Å². The molecule has 23 heavy (non-hydrogen) atoms. The van der Waals surface area contributed by atoms with Gasteiger partial charge in [0, 0.05) is 9.58 Å². The quantitative estimate of drug-likeness (QED) is 0.636. The molecular formula is C19H15NO2S. The Balaban J connectivity index is 2.03. The van der Waals surface area contributed by atoms with E-state index in [4.69, 9.17) is 9.47 Å². The molecule has 0 bridgehead atoms. The van der Waals surface area contributed by atoms with E-state index >= 15 is 0 Å². The molecule has 0 N–H and O–H groups in total. The summed E-state index contributed by atoms with van der Waals surface area (Å²) in [7, 11) is 3.18. The van der Waals surface area contributed by atoms with Crippen molar-refractivity contribution >= 4 is 33.1 Å². The Morgan fingerprint density at radius 2 is 1.83 bits per heavy atom. The van der Waals surface area contributed by atoms with Crippen LogP contribution in [0.5, 0.6) is 11.5 Å². The Kier molecular flexibility index (Phi) is 4.31. The van der Waals surface area contributed by atoms with Crippen LogP contribution >= 0.6 is 11.3 Å². The third-order valence-electron chi connectivity index (χ3n) is 3.55. The fourth-order valence-corrected chi connectivity index (χ4v) is 3.41. The van der Waals surface area contributed by atoms with E-state index in [9.17, 15) is 5.26 Å². The van der Waals surface area contributed by atoms with Crippen molar-refractivity contribution in [3.8, 4) is 17.6 Å². The molecule has 3 aromatic rings. The molecule has 4 heteroatoms. The lowest BCUT2D eigenvalue weighted by Gasteiger charge is -2.08. The topological polar surface area (TPSA) is 42.2 Å². The zero-order valence-electron chi connectivity index (χ0n) is 12.9. The minimum absolute atomic E-state index is 0.595. The Morgan fingerprint density at radius 1 is 1.04 bits per heavy atom. The number of hydrogen-bond acceptors (Lipinski definition) is 4. The number of hydrogen-bond donors (Lipinski definition) is 0. The van der Waals surface area contributed by atoms with E-state index < -0.39 is 0 Å².